The molecule has 2 aromatic carbocycles. The molecule has 0 aliphatic heterocycles. The van der Waals surface area contributed by atoms with Crippen molar-refractivity contribution < 1.29 is 19.4 Å². The number of nitrogens with zero attached hydrogens (tertiary/aromatic N) is 2. The number of anilines is 1. The Bertz CT molecular complexity index is 1330. The lowest BCUT2D eigenvalue weighted by Crippen LogP contribution is -2.29. The van der Waals surface area contributed by atoms with Gasteiger partial charge in [0.1, 0.15) is 11.3 Å². The van der Waals surface area contributed by atoms with Crippen molar-refractivity contribution in [1.82, 2.24) is 9.55 Å². The molecule has 8 heteroatoms. The second-order valence-corrected chi connectivity index (χ2v) is 6.60. The molecule has 0 radical (unpaired) electrons. The summed E-state index contributed by atoms with van der Waals surface area (Å²) in [4.78, 5) is 30.6. The molecule has 0 fully saturated rings. The van der Waals surface area contributed by atoms with Crippen LogP contribution in [0.5, 0.6) is 17.2 Å². The molecule has 0 saturated carbocycles. The molecule has 2 heterocycles. The second-order valence-electron chi connectivity index (χ2n) is 6.60. The molecule has 0 atom stereocenters. The molecule has 156 valence electrons. The minimum atomic E-state index is -0.759. The molecule has 1 amide bonds. The lowest BCUT2D eigenvalue weighted by molar-refractivity contribution is 0.102. The van der Waals surface area contributed by atoms with Crippen LogP contribution in [-0.2, 0) is 0 Å². The molecule has 0 aliphatic carbocycles. The molecule has 0 bridgehead atoms. The van der Waals surface area contributed by atoms with E-state index in [1.165, 1.54) is 25.0 Å². The third-order valence-corrected chi connectivity index (χ3v) is 4.79. The lowest BCUT2D eigenvalue weighted by Gasteiger charge is -2.15. The Labute approximate surface area is 177 Å². The highest BCUT2D eigenvalue weighted by Crippen LogP contribution is 2.31. The number of carbonyl (C=O) groups excluding carboxylic acids is 1. The minimum absolute atomic E-state index is 0.249. The zero-order valence-corrected chi connectivity index (χ0v) is 16.8. The van der Waals surface area contributed by atoms with Crippen LogP contribution in [0.3, 0.4) is 0 Å². The number of aromatic nitrogens is 2. The van der Waals surface area contributed by atoms with Gasteiger partial charge < -0.3 is 19.9 Å². The van der Waals surface area contributed by atoms with Crippen molar-refractivity contribution in [2.75, 3.05) is 19.5 Å². The first kappa shape index (κ1) is 20.0. The number of rotatable bonds is 5. The molecule has 0 unspecified atom stereocenters. The summed E-state index contributed by atoms with van der Waals surface area (Å²) in [5.41, 5.74) is 0.0706. The summed E-state index contributed by atoms with van der Waals surface area (Å²) in [5, 5.41) is 13.7. The van der Waals surface area contributed by atoms with Crippen LogP contribution in [-0.4, -0.2) is 34.8 Å². The number of aromatic hydroxyl groups is 1. The summed E-state index contributed by atoms with van der Waals surface area (Å²) in [6.45, 7) is 0. The Morgan fingerprint density at radius 2 is 1.74 bits per heavy atom. The smallest absolute Gasteiger partial charge is 0.273 e. The van der Waals surface area contributed by atoms with Gasteiger partial charge in [-0.15, -0.1) is 0 Å². The molecule has 4 aromatic rings. The average molecular weight is 417 g/mol. The Kier molecular flexibility index (Phi) is 5.28. The van der Waals surface area contributed by atoms with Crippen molar-refractivity contribution in [2.24, 2.45) is 0 Å². The number of carbonyl (C=O) groups is 1. The van der Waals surface area contributed by atoms with Gasteiger partial charge in [0.15, 0.2) is 17.1 Å². The Balaban J connectivity index is 1.86. The standard InChI is InChI=1S/C23H19N3O5/c1-30-17-11-10-14(13-18(17)31-2)25-22(28)19-20(27)16-9-6-12-24-21(16)26(23(19)29)15-7-4-3-5-8-15/h3-13,27H,1-2H3,(H,25,28). The number of hydrogen-bond donors (Lipinski definition) is 2. The first-order valence-corrected chi connectivity index (χ1v) is 9.36. The third-order valence-electron chi connectivity index (χ3n) is 4.79. The Morgan fingerprint density at radius 3 is 2.45 bits per heavy atom. The van der Waals surface area contributed by atoms with E-state index in [1.54, 1.807) is 54.6 Å². The zero-order valence-electron chi connectivity index (χ0n) is 16.8. The quantitative estimate of drug-likeness (QED) is 0.516. The van der Waals surface area contributed by atoms with Crippen LogP contribution in [0.4, 0.5) is 5.69 Å². The predicted octanol–water partition coefficient (Wildman–Crippen LogP) is 3.36. The molecular formula is C23H19N3O5. The fourth-order valence-electron chi connectivity index (χ4n) is 3.33. The summed E-state index contributed by atoms with van der Waals surface area (Å²) >= 11 is 0. The van der Waals surface area contributed by atoms with E-state index < -0.39 is 17.2 Å². The van der Waals surface area contributed by atoms with E-state index >= 15 is 0 Å². The number of hydrogen-bond acceptors (Lipinski definition) is 6. The van der Waals surface area contributed by atoms with Gasteiger partial charge in [0.2, 0.25) is 0 Å². The van der Waals surface area contributed by atoms with Crippen molar-refractivity contribution in [3.63, 3.8) is 0 Å². The number of benzene rings is 2. The van der Waals surface area contributed by atoms with Crippen LogP contribution >= 0.6 is 0 Å². The Morgan fingerprint density at radius 1 is 1.00 bits per heavy atom. The SMILES string of the molecule is COc1ccc(NC(=O)c2c(O)c3cccnc3n(-c3ccccc3)c2=O)cc1OC. The maximum absolute atomic E-state index is 13.3. The van der Waals surface area contributed by atoms with E-state index in [2.05, 4.69) is 10.3 Å². The molecule has 31 heavy (non-hydrogen) atoms. The zero-order chi connectivity index (χ0) is 22.0. The van der Waals surface area contributed by atoms with E-state index in [1.807, 2.05) is 6.07 Å². The van der Waals surface area contributed by atoms with Gasteiger partial charge in [-0.3, -0.25) is 14.2 Å². The van der Waals surface area contributed by atoms with Crippen molar-refractivity contribution in [1.29, 1.82) is 0 Å². The molecule has 4 rings (SSSR count). The molecule has 0 aliphatic rings. The number of ether oxygens (including phenoxy) is 2. The number of para-hydroxylation sites is 1. The van der Waals surface area contributed by atoms with Crippen molar-refractivity contribution >= 4 is 22.6 Å². The highest BCUT2D eigenvalue weighted by Gasteiger charge is 2.24. The van der Waals surface area contributed by atoms with Crippen molar-refractivity contribution in [3.8, 4) is 22.9 Å². The van der Waals surface area contributed by atoms with Gasteiger partial charge in [-0.1, -0.05) is 18.2 Å². The number of nitrogens with one attached hydrogen (secondary N) is 1. The summed E-state index contributed by atoms with van der Waals surface area (Å²) in [6.07, 6.45) is 1.52. The molecule has 2 aromatic heterocycles. The van der Waals surface area contributed by atoms with E-state index in [-0.39, 0.29) is 16.6 Å². The van der Waals surface area contributed by atoms with E-state index in [4.69, 9.17) is 9.47 Å². The molecule has 0 saturated heterocycles. The number of methoxy groups -OCH3 is 2. The van der Waals surface area contributed by atoms with Crippen LogP contribution in [0.1, 0.15) is 10.4 Å². The highest BCUT2D eigenvalue weighted by atomic mass is 16.5. The van der Waals surface area contributed by atoms with Crippen molar-refractivity contribution in [2.45, 2.75) is 0 Å². The number of pyridine rings is 2. The number of amides is 1. The van der Waals surface area contributed by atoms with Gasteiger partial charge in [0.25, 0.3) is 11.5 Å². The topological polar surface area (TPSA) is 103 Å². The van der Waals surface area contributed by atoms with E-state index in [0.29, 0.717) is 22.9 Å². The van der Waals surface area contributed by atoms with Crippen LogP contribution < -0.4 is 20.3 Å². The molecule has 0 spiro atoms. The van der Waals surface area contributed by atoms with E-state index in [9.17, 15) is 14.7 Å². The predicted molar refractivity (Wildman–Crippen MR) is 117 cm³/mol. The third kappa shape index (κ3) is 3.55. The first-order chi connectivity index (χ1) is 15.0. The second kappa shape index (κ2) is 8.19. The van der Waals surface area contributed by atoms with Gasteiger partial charge >= 0.3 is 0 Å². The first-order valence-electron chi connectivity index (χ1n) is 9.36. The van der Waals surface area contributed by atoms with Crippen LogP contribution in [0.25, 0.3) is 16.7 Å². The maximum Gasteiger partial charge on any atom is 0.273 e. The molecule has 8 nitrogen and oxygen atoms in total. The maximum atomic E-state index is 13.3. The van der Waals surface area contributed by atoms with Gasteiger partial charge in [0, 0.05) is 18.0 Å². The van der Waals surface area contributed by atoms with Crippen molar-refractivity contribution in [3.05, 3.63) is 82.8 Å². The number of fused-ring (bicyclic) bond motifs is 1. The fraction of sp³-hybridized carbons (Fsp3) is 0.0870. The van der Waals surface area contributed by atoms with Gasteiger partial charge in [-0.2, -0.15) is 0 Å². The van der Waals surface area contributed by atoms with Gasteiger partial charge in [0.05, 0.1) is 25.3 Å². The van der Waals surface area contributed by atoms with Crippen LogP contribution in [0, 0.1) is 0 Å². The summed E-state index contributed by atoms with van der Waals surface area (Å²) in [7, 11) is 2.98. The fourth-order valence-corrected chi connectivity index (χ4v) is 3.33. The molecular weight excluding hydrogens is 398 g/mol. The average Bonchev–Trinajstić information content (AvgIpc) is 2.80. The summed E-state index contributed by atoms with van der Waals surface area (Å²) in [5.74, 6) is -0.288. The summed E-state index contributed by atoms with van der Waals surface area (Å²) < 4.78 is 11.7. The summed E-state index contributed by atoms with van der Waals surface area (Å²) in [6, 6.07) is 16.8. The van der Waals surface area contributed by atoms with E-state index in [0.717, 1.165) is 0 Å². The minimum Gasteiger partial charge on any atom is -0.506 e. The highest BCUT2D eigenvalue weighted by molar-refractivity contribution is 6.09. The monoisotopic (exact) mass is 417 g/mol. The normalized spacial score (nSPS) is 10.6. The Hall–Kier alpha value is -4.33. The molecule has 2 N–H and O–H groups in total. The van der Waals surface area contributed by atoms with Crippen LogP contribution in [0.15, 0.2) is 71.7 Å². The van der Waals surface area contributed by atoms with Gasteiger partial charge in [-0.25, -0.2) is 4.98 Å². The largest absolute Gasteiger partial charge is 0.506 e. The van der Waals surface area contributed by atoms with Crippen LogP contribution in [0.2, 0.25) is 0 Å². The lowest BCUT2D eigenvalue weighted by atomic mass is 10.1. The van der Waals surface area contributed by atoms with Gasteiger partial charge in [-0.05, 0) is 36.4 Å².